The van der Waals surface area contributed by atoms with Crippen molar-refractivity contribution in [1.29, 1.82) is 0 Å². The number of aliphatic carboxylic acids is 1. The highest BCUT2D eigenvalue weighted by Crippen LogP contribution is 2.37. The number of anilines is 1. The van der Waals surface area contributed by atoms with Gasteiger partial charge in [-0.15, -0.1) is 0 Å². The van der Waals surface area contributed by atoms with Gasteiger partial charge in [0.25, 0.3) is 0 Å². The lowest BCUT2D eigenvalue weighted by Gasteiger charge is -2.07. The molecule has 0 amide bonds. The minimum absolute atomic E-state index is 0.263. The Morgan fingerprint density at radius 3 is 2.59 bits per heavy atom. The van der Waals surface area contributed by atoms with Crippen molar-refractivity contribution in [3.8, 4) is 0 Å². The van der Waals surface area contributed by atoms with Crippen LogP contribution in [0.1, 0.15) is 5.56 Å². The van der Waals surface area contributed by atoms with Gasteiger partial charge >= 0.3 is 13.6 Å². The number of rotatable bonds is 5. The molecular weight excluding hydrogens is 245 g/mol. The van der Waals surface area contributed by atoms with Crippen LogP contribution < -0.4 is 5.32 Å². The summed E-state index contributed by atoms with van der Waals surface area (Å²) in [5, 5.41) is 11.2. The minimum atomic E-state index is -4.21. The number of carbonyl (C=O) groups is 1. The van der Waals surface area contributed by atoms with E-state index in [0.29, 0.717) is 11.3 Å². The van der Waals surface area contributed by atoms with Crippen molar-refractivity contribution in [2.75, 3.05) is 11.9 Å². The van der Waals surface area contributed by atoms with Gasteiger partial charge in [0.15, 0.2) is 0 Å². The first-order chi connectivity index (χ1) is 7.88. The Labute approximate surface area is 97.8 Å². The van der Waals surface area contributed by atoms with E-state index >= 15 is 0 Å². The summed E-state index contributed by atoms with van der Waals surface area (Å²) in [6, 6.07) is 6.63. The number of para-hydroxylation sites is 1. The molecule has 0 bridgehead atoms. The van der Waals surface area contributed by atoms with Gasteiger partial charge in [-0.1, -0.05) is 18.2 Å². The van der Waals surface area contributed by atoms with Crippen molar-refractivity contribution in [2.24, 2.45) is 0 Å². The lowest BCUT2D eigenvalue weighted by molar-refractivity contribution is -0.134. The van der Waals surface area contributed by atoms with Crippen LogP contribution in [0.5, 0.6) is 0 Å². The predicted molar refractivity (Wildman–Crippen MR) is 63.6 cm³/mol. The van der Waals surface area contributed by atoms with Gasteiger partial charge in [-0.3, -0.25) is 9.36 Å². The molecular formula is C10H12NO5P. The van der Waals surface area contributed by atoms with Crippen molar-refractivity contribution < 1.29 is 24.3 Å². The second-order valence-corrected chi connectivity index (χ2v) is 4.72. The highest BCUT2D eigenvalue weighted by atomic mass is 31.2. The van der Waals surface area contributed by atoms with E-state index in [1.54, 1.807) is 24.3 Å². The van der Waals surface area contributed by atoms with Gasteiger partial charge in [0.2, 0.25) is 0 Å². The molecule has 17 heavy (non-hydrogen) atoms. The molecule has 0 aliphatic heterocycles. The molecule has 0 fully saturated rings. The number of carboxylic acid groups (broad SMARTS) is 1. The molecule has 0 aromatic heterocycles. The third kappa shape index (κ3) is 5.31. The Hall–Kier alpha value is -1.62. The summed E-state index contributed by atoms with van der Waals surface area (Å²) in [6.45, 7) is -0.263. The van der Waals surface area contributed by atoms with Crippen LogP contribution in [0.2, 0.25) is 0 Å². The molecule has 7 heteroatoms. The SMILES string of the molecule is O=C(O)CNc1ccccc1C=CP(=O)(O)O. The van der Waals surface area contributed by atoms with Gasteiger partial charge in [-0.25, -0.2) is 0 Å². The third-order valence-electron chi connectivity index (χ3n) is 1.84. The second kappa shape index (κ2) is 5.63. The number of hydrogen-bond donors (Lipinski definition) is 4. The van der Waals surface area contributed by atoms with E-state index in [1.165, 1.54) is 6.08 Å². The highest BCUT2D eigenvalue weighted by molar-refractivity contribution is 7.55. The quantitative estimate of drug-likeness (QED) is 0.593. The fourth-order valence-corrected chi connectivity index (χ4v) is 1.51. The number of hydrogen-bond acceptors (Lipinski definition) is 3. The Morgan fingerprint density at radius 2 is 2.00 bits per heavy atom. The average molecular weight is 257 g/mol. The van der Waals surface area contributed by atoms with Crippen LogP contribution in [-0.4, -0.2) is 27.4 Å². The maximum atomic E-state index is 10.7. The van der Waals surface area contributed by atoms with E-state index in [4.69, 9.17) is 14.9 Å². The first-order valence-corrected chi connectivity index (χ1v) is 6.36. The molecule has 0 atom stereocenters. The van der Waals surface area contributed by atoms with Crippen LogP contribution in [0, 0.1) is 0 Å². The zero-order valence-corrected chi connectivity index (χ0v) is 9.67. The summed E-state index contributed by atoms with van der Waals surface area (Å²) in [7, 11) is -4.21. The smallest absolute Gasteiger partial charge is 0.349 e. The highest BCUT2D eigenvalue weighted by Gasteiger charge is 2.07. The first kappa shape index (κ1) is 13.4. The molecule has 0 radical (unpaired) electrons. The molecule has 4 N–H and O–H groups in total. The van der Waals surface area contributed by atoms with Gasteiger partial charge < -0.3 is 20.2 Å². The van der Waals surface area contributed by atoms with Crippen LogP contribution in [0.4, 0.5) is 5.69 Å². The molecule has 1 aromatic rings. The maximum Gasteiger partial charge on any atom is 0.349 e. The topological polar surface area (TPSA) is 107 Å². The molecule has 1 aromatic carbocycles. The van der Waals surface area contributed by atoms with E-state index in [-0.39, 0.29) is 6.54 Å². The summed E-state index contributed by atoms with van der Waals surface area (Å²) in [6.07, 6.45) is 1.25. The summed E-state index contributed by atoms with van der Waals surface area (Å²) in [5.74, 6) is -0.243. The molecule has 0 aliphatic carbocycles. The zero-order chi connectivity index (χ0) is 12.9. The van der Waals surface area contributed by atoms with Gasteiger partial charge in [-0.2, -0.15) is 0 Å². The van der Waals surface area contributed by atoms with Crippen LogP contribution in [-0.2, 0) is 9.36 Å². The molecule has 0 aliphatic rings. The van der Waals surface area contributed by atoms with E-state index in [0.717, 1.165) is 5.82 Å². The number of carboxylic acids is 1. The number of benzene rings is 1. The van der Waals surface area contributed by atoms with Crippen LogP contribution in [0.25, 0.3) is 6.08 Å². The number of nitrogens with one attached hydrogen (secondary N) is 1. The van der Waals surface area contributed by atoms with Crippen LogP contribution in [0.3, 0.4) is 0 Å². The van der Waals surface area contributed by atoms with Gasteiger partial charge in [0.1, 0.15) is 6.54 Å². The average Bonchev–Trinajstić information content (AvgIpc) is 2.23. The fourth-order valence-electron chi connectivity index (χ4n) is 1.15. The minimum Gasteiger partial charge on any atom is -0.480 e. The van der Waals surface area contributed by atoms with Gasteiger partial charge in [0, 0.05) is 11.5 Å². The van der Waals surface area contributed by atoms with Crippen LogP contribution in [0.15, 0.2) is 30.1 Å². The Bertz CT molecular complexity index is 479. The normalized spacial score (nSPS) is 11.6. The van der Waals surface area contributed by atoms with E-state index < -0.39 is 13.6 Å². The lowest BCUT2D eigenvalue weighted by atomic mass is 10.2. The lowest BCUT2D eigenvalue weighted by Crippen LogP contribution is -2.12. The zero-order valence-electron chi connectivity index (χ0n) is 8.78. The molecule has 0 heterocycles. The predicted octanol–water partition coefficient (Wildman–Crippen LogP) is 1.33. The van der Waals surface area contributed by atoms with Crippen molar-refractivity contribution in [1.82, 2.24) is 0 Å². The summed E-state index contributed by atoms with van der Waals surface area (Å²) in [4.78, 5) is 27.8. The molecule has 0 spiro atoms. The standard InChI is InChI=1S/C10H12NO5P/c12-10(13)7-11-9-4-2-1-3-8(9)5-6-17(14,15)16/h1-6,11H,7H2,(H,12,13)(H2,14,15,16). The van der Waals surface area contributed by atoms with E-state index in [9.17, 15) is 9.36 Å². The third-order valence-corrected chi connectivity index (χ3v) is 2.38. The molecule has 92 valence electrons. The van der Waals surface area contributed by atoms with Crippen molar-refractivity contribution >= 4 is 25.3 Å². The monoisotopic (exact) mass is 257 g/mol. The Morgan fingerprint density at radius 1 is 1.35 bits per heavy atom. The summed E-state index contributed by atoms with van der Waals surface area (Å²) in [5.41, 5.74) is 1.01. The summed E-state index contributed by atoms with van der Waals surface area (Å²) < 4.78 is 10.7. The van der Waals surface area contributed by atoms with Gasteiger partial charge in [0.05, 0.1) is 0 Å². The Balaban J connectivity index is 2.88. The van der Waals surface area contributed by atoms with E-state index in [1.807, 2.05) is 0 Å². The first-order valence-electron chi connectivity index (χ1n) is 4.67. The van der Waals surface area contributed by atoms with Crippen LogP contribution >= 0.6 is 7.60 Å². The molecule has 0 unspecified atom stereocenters. The Kier molecular flexibility index (Phi) is 4.45. The summed E-state index contributed by atoms with van der Waals surface area (Å²) >= 11 is 0. The maximum absolute atomic E-state index is 10.7. The second-order valence-electron chi connectivity index (χ2n) is 3.24. The largest absolute Gasteiger partial charge is 0.480 e. The molecule has 1 rings (SSSR count). The molecule has 6 nitrogen and oxygen atoms in total. The molecule has 0 saturated heterocycles. The van der Waals surface area contributed by atoms with E-state index in [2.05, 4.69) is 5.32 Å². The molecule has 0 saturated carbocycles. The van der Waals surface area contributed by atoms with Crippen molar-refractivity contribution in [2.45, 2.75) is 0 Å². The van der Waals surface area contributed by atoms with Crippen molar-refractivity contribution in [3.63, 3.8) is 0 Å². The van der Waals surface area contributed by atoms with Gasteiger partial charge in [-0.05, 0) is 17.7 Å². The van der Waals surface area contributed by atoms with Crippen molar-refractivity contribution in [3.05, 3.63) is 35.6 Å². The fraction of sp³-hybridized carbons (Fsp3) is 0.100.